The summed E-state index contributed by atoms with van der Waals surface area (Å²) in [7, 11) is 1.38. The molecular weight excluding hydrogens is 320 g/mol. The molecule has 4 rings (SSSR count). The SMILES string of the molecule is COC(=O)c1sc2nc3c(c(-c4ccccc4)c2c1N)CCCC3. The van der Waals surface area contributed by atoms with Crippen LogP contribution in [-0.4, -0.2) is 18.1 Å². The van der Waals surface area contributed by atoms with E-state index in [1.54, 1.807) is 0 Å². The Bertz CT molecular complexity index is 932. The van der Waals surface area contributed by atoms with Crippen molar-refractivity contribution in [2.24, 2.45) is 0 Å². The van der Waals surface area contributed by atoms with Crippen LogP contribution in [-0.2, 0) is 17.6 Å². The summed E-state index contributed by atoms with van der Waals surface area (Å²) in [6.45, 7) is 0. The summed E-state index contributed by atoms with van der Waals surface area (Å²) in [6, 6.07) is 10.3. The number of nitrogens with zero attached hydrogens (tertiary/aromatic N) is 1. The molecule has 2 N–H and O–H groups in total. The normalized spacial score (nSPS) is 13.7. The van der Waals surface area contributed by atoms with Crippen molar-refractivity contribution >= 4 is 33.2 Å². The number of carbonyl (C=O) groups is 1. The molecule has 0 amide bonds. The van der Waals surface area contributed by atoms with Crippen LogP contribution >= 0.6 is 11.3 Å². The van der Waals surface area contributed by atoms with Gasteiger partial charge in [0.2, 0.25) is 0 Å². The number of ether oxygens (including phenoxy) is 1. The highest BCUT2D eigenvalue weighted by Crippen LogP contribution is 2.43. The Morgan fingerprint density at radius 1 is 1.21 bits per heavy atom. The molecule has 0 saturated carbocycles. The summed E-state index contributed by atoms with van der Waals surface area (Å²) in [5.74, 6) is -0.396. The van der Waals surface area contributed by atoms with E-state index in [9.17, 15) is 4.79 Å². The monoisotopic (exact) mass is 338 g/mol. The van der Waals surface area contributed by atoms with Gasteiger partial charge in [0.25, 0.3) is 0 Å². The Balaban J connectivity index is 2.09. The lowest BCUT2D eigenvalue weighted by Crippen LogP contribution is -2.08. The van der Waals surface area contributed by atoms with Gasteiger partial charge < -0.3 is 10.5 Å². The average Bonchev–Trinajstić information content (AvgIpc) is 2.96. The van der Waals surface area contributed by atoms with Gasteiger partial charge >= 0.3 is 5.97 Å². The van der Waals surface area contributed by atoms with E-state index >= 15 is 0 Å². The van der Waals surface area contributed by atoms with E-state index in [0.717, 1.165) is 52.7 Å². The molecule has 2 heterocycles. The number of anilines is 1. The molecule has 5 heteroatoms. The lowest BCUT2D eigenvalue weighted by molar-refractivity contribution is 0.0607. The molecule has 0 aliphatic heterocycles. The first-order valence-electron chi connectivity index (χ1n) is 8.08. The number of esters is 1. The minimum atomic E-state index is -0.396. The minimum absolute atomic E-state index is 0.396. The van der Waals surface area contributed by atoms with Gasteiger partial charge in [0, 0.05) is 11.1 Å². The fourth-order valence-electron chi connectivity index (χ4n) is 3.47. The molecule has 0 atom stereocenters. The van der Waals surface area contributed by atoms with Crippen molar-refractivity contribution in [3.8, 4) is 11.1 Å². The molecule has 0 fully saturated rings. The molecule has 122 valence electrons. The van der Waals surface area contributed by atoms with E-state index in [2.05, 4.69) is 12.1 Å². The minimum Gasteiger partial charge on any atom is -0.465 e. The predicted octanol–water partition coefficient (Wildman–Crippen LogP) is 4.21. The molecule has 0 radical (unpaired) electrons. The molecule has 0 saturated heterocycles. The number of nitrogens with two attached hydrogens (primary N) is 1. The van der Waals surface area contributed by atoms with Crippen LogP contribution in [0.4, 0.5) is 5.69 Å². The highest BCUT2D eigenvalue weighted by Gasteiger charge is 2.25. The number of pyridine rings is 1. The van der Waals surface area contributed by atoms with E-state index < -0.39 is 5.97 Å². The smallest absolute Gasteiger partial charge is 0.350 e. The third kappa shape index (κ3) is 2.27. The first kappa shape index (κ1) is 15.1. The number of rotatable bonds is 2. The van der Waals surface area contributed by atoms with Gasteiger partial charge in [0.05, 0.1) is 12.8 Å². The molecule has 0 unspecified atom stereocenters. The number of thiophene rings is 1. The second-order valence-electron chi connectivity index (χ2n) is 6.00. The van der Waals surface area contributed by atoms with Crippen molar-refractivity contribution in [1.29, 1.82) is 0 Å². The second kappa shape index (κ2) is 5.91. The lowest BCUT2D eigenvalue weighted by atomic mass is 9.87. The van der Waals surface area contributed by atoms with Crippen LogP contribution in [0, 0.1) is 0 Å². The summed E-state index contributed by atoms with van der Waals surface area (Å²) >= 11 is 1.33. The van der Waals surface area contributed by atoms with Crippen molar-refractivity contribution in [3.05, 3.63) is 46.5 Å². The van der Waals surface area contributed by atoms with Crippen molar-refractivity contribution in [3.63, 3.8) is 0 Å². The van der Waals surface area contributed by atoms with E-state index in [1.807, 2.05) is 18.2 Å². The number of hydrogen-bond acceptors (Lipinski definition) is 5. The number of nitrogen functional groups attached to an aromatic ring is 1. The Hall–Kier alpha value is -2.40. The van der Waals surface area contributed by atoms with Crippen LogP contribution in [0.5, 0.6) is 0 Å². The van der Waals surface area contributed by atoms with Gasteiger partial charge in [-0.15, -0.1) is 11.3 Å². The zero-order valence-electron chi connectivity index (χ0n) is 13.5. The Labute approximate surface area is 144 Å². The van der Waals surface area contributed by atoms with Crippen LogP contribution in [0.25, 0.3) is 21.3 Å². The summed E-state index contributed by atoms with van der Waals surface area (Å²) in [4.78, 5) is 18.2. The summed E-state index contributed by atoms with van der Waals surface area (Å²) < 4.78 is 4.88. The van der Waals surface area contributed by atoms with Crippen molar-refractivity contribution in [2.45, 2.75) is 25.7 Å². The largest absolute Gasteiger partial charge is 0.465 e. The highest BCUT2D eigenvalue weighted by atomic mass is 32.1. The van der Waals surface area contributed by atoms with Gasteiger partial charge in [-0.05, 0) is 42.4 Å². The number of aryl methyl sites for hydroxylation is 1. The van der Waals surface area contributed by atoms with Gasteiger partial charge in [-0.2, -0.15) is 0 Å². The van der Waals surface area contributed by atoms with E-state index in [4.69, 9.17) is 15.5 Å². The molecule has 0 spiro atoms. The predicted molar refractivity (Wildman–Crippen MR) is 97.4 cm³/mol. The maximum absolute atomic E-state index is 12.1. The van der Waals surface area contributed by atoms with E-state index in [-0.39, 0.29) is 0 Å². The topological polar surface area (TPSA) is 65.2 Å². The molecule has 0 bridgehead atoms. The number of aromatic nitrogens is 1. The van der Waals surface area contributed by atoms with Gasteiger partial charge in [-0.25, -0.2) is 9.78 Å². The fourth-order valence-corrected chi connectivity index (χ4v) is 4.52. The molecule has 2 aromatic heterocycles. The molecule has 4 nitrogen and oxygen atoms in total. The van der Waals surface area contributed by atoms with E-state index in [1.165, 1.54) is 24.0 Å². The molecule has 3 aromatic rings. The molecule has 1 aliphatic carbocycles. The van der Waals surface area contributed by atoms with Gasteiger partial charge in [-0.1, -0.05) is 30.3 Å². The Kier molecular flexibility index (Phi) is 3.73. The second-order valence-corrected chi connectivity index (χ2v) is 7.00. The van der Waals surface area contributed by atoms with Crippen LogP contribution in [0.15, 0.2) is 30.3 Å². The summed E-state index contributed by atoms with van der Waals surface area (Å²) in [6.07, 6.45) is 4.31. The first-order chi connectivity index (χ1) is 11.7. The molecule has 1 aliphatic rings. The van der Waals surface area contributed by atoms with Gasteiger partial charge in [0.15, 0.2) is 0 Å². The molecule has 1 aromatic carbocycles. The van der Waals surface area contributed by atoms with Crippen LogP contribution < -0.4 is 5.73 Å². The maximum Gasteiger partial charge on any atom is 0.350 e. The average molecular weight is 338 g/mol. The van der Waals surface area contributed by atoms with Gasteiger partial charge in [-0.3, -0.25) is 0 Å². The lowest BCUT2D eigenvalue weighted by Gasteiger charge is -2.20. The molecular formula is C19H18N2O2S. The Morgan fingerprint density at radius 3 is 2.71 bits per heavy atom. The van der Waals surface area contributed by atoms with Crippen LogP contribution in [0.1, 0.15) is 33.8 Å². The number of hydrogen-bond donors (Lipinski definition) is 1. The zero-order valence-corrected chi connectivity index (χ0v) is 14.3. The standard InChI is InChI=1S/C19H18N2O2S/c1-23-19(22)17-16(20)15-14(11-7-3-2-4-8-11)12-9-5-6-10-13(12)21-18(15)24-17/h2-4,7-8H,5-6,9-10,20H2,1H3. The maximum atomic E-state index is 12.1. The first-order valence-corrected chi connectivity index (χ1v) is 8.89. The summed E-state index contributed by atoms with van der Waals surface area (Å²) in [5, 5.41) is 0.896. The quantitative estimate of drug-likeness (QED) is 0.711. The zero-order chi connectivity index (χ0) is 16.7. The van der Waals surface area contributed by atoms with Crippen molar-refractivity contribution in [1.82, 2.24) is 4.98 Å². The molecule has 24 heavy (non-hydrogen) atoms. The fraction of sp³-hybridized carbons (Fsp3) is 0.263. The third-order valence-electron chi connectivity index (χ3n) is 4.59. The summed E-state index contributed by atoms with van der Waals surface area (Å²) in [5.41, 5.74) is 11.5. The number of benzene rings is 1. The number of methoxy groups -OCH3 is 1. The van der Waals surface area contributed by atoms with Crippen molar-refractivity contribution < 1.29 is 9.53 Å². The highest BCUT2D eigenvalue weighted by molar-refractivity contribution is 7.21. The van der Waals surface area contributed by atoms with Gasteiger partial charge in [0.1, 0.15) is 9.71 Å². The Morgan fingerprint density at radius 2 is 1.96 bits per heavy atom. The third-order valence-corrected chi connectivity index (χ3v) is 5.67. The number of fused-ring (bicyclic) bond motifs is 2. The van der Waals surface area contributed by atoms with Crippen LogP contribution in [0.3, 0.4) is 0 Å². The number of carbonyl (C=O) groups excluding carboxylic acids is 1. The van der Waals surface area contributed by atoms with Crippen molar-refractivity contribution in [2.75, 3.05) is 12.8 Å². The van der Waals surface area contributed by atoms with E-state index in [0.29, 0.717) is 10.6 Å². The van der Waals surface area contributed by atoms with Crippen LogP contribution in [0.2, 0.25) is 0 Å².